The van der Waals surface area contributed by atoms with Crippen LogP contribution in [0.25, 0.3) is 0 Å². The molecule has 1 aliphatic rings. The summed E-state index contributed by atoms with van der Waals surface area (Å²) >= 11 is 0. The lowest BCUT2D eigenvalue weighted by molar-refractivity contribution is 0.359. The normalized spacial score (nSPS) is 22.8. The Morgan fingerprint density at radius 3 is 2.94 bits per heavy atom. The highest BCUT2D eigenvalue weighted by Gasteiger charge is 2.24. The molecule has 1 aliphatic heterocycles. The van der Waals surface area contributed by atoms with Gasteiger partial charge in [-0.2, -0.15) is 4.98 Å². The zero-order valence-corrected chi connectivity index (χ0v) is 10.8. The molecular weight excluding hydrogens is 242 g/mol. The van der Waals surface area contributed by atoms with Gasteiger partial charge in [-0.05, 0) is 26.3 Å². The summed E-state index contributed by atoms with van der Waals surface area (Å²) in [5, 5.41) is 6.35. The Morgan fingerprint density at radius 1 is 1.59 bits per heavy atom. The summed E-state index contributed by atoms with van der Waals surface area (Å²) in [5.41, 5.74) is 0. The zero-order valence-electron chi connectivity index (χ0n) is 10.0. The molecule has 6 nitrogen and oxygen atoms in total. The molecule has 2 heterocycles. The molecule has 0 amide bonds. The average Bonchev–Trinajstić information content (AvgIpc) is 2.87. The molecule has 1 fully saturated rings. The Morgan fingerprint density at radius 2 is 2.35 bits per heavy atom. The maximum Gasteiger partial charge on any atom is 0.228 e. The van der Waals surface area contributed by atoms with E-state index in [0.717, 1.165) is 19.4 Å². The summed E-state index contributed by atoms with van der Waals surface area (Å²) in [7, 11) is -3.17. The van der Waals surface area contributed by atoms with Crippen molar-refractivity contribution in [2.45, 2.75) is 37.5 Å². The highest BCUT2D eigenvalue weighted by molar-refractivity contribution is 7.90. The third kappa shape index (κ3) is 3.04. The van der Waals surface area contributed by atoms with E-state index in [1.165, 1.54) is 6.26 Å². The van der Waals surface area contributed by atoms with Crippen molar-refractivity contribution < 1.29 is 12.9 Å². The molecule has 96 valence electrons. The van der Waals surface area contributed by atoms with E-state index < -0.39 is 15.1 Å². The van der Waals surface area contributed by atoms with Crippen LogP contribution in [0.5, 0.6) is 0 Å². The fourth-order valence-corrected chi connectivity index (χ4v) is 2.33. The van der Waals surface area contributed by atoms with E-state index in [4.69, 9.17) is 4.52 Å². The summed E-state index contributed by atoms with van der Waals surface area (Å²) in [5.74, 6) is 0.760. The molecule has 1 aromatic heterocycles. The summed E-state index contributed by atoms with van der Waals surface area (Å²) in [4.78, 5) is 4.14. The van der Waals surface area contributed by atoms with E-state index in [1.807, 2.05) is 0 Å². The Balaban J connectivity index is 2.05. The van der Waals surface area contributed by atoms with Crippen LogP contribution in [-0.2, 0) is 16.3 Å². The molecule has 0 spiro atoms. The fourth-order valence-electron chi connectivity index (χ4n) is 1.85. The predicted molar refractivity (Wildman–Crippen MR) is 62.3 cm³/mol. The fraction of sp³-hybridized carbons (Fsp3) is 0.800. The van der Waals surface area contributed by atoms with Gasteiger partial charge in [-0.15, -0.1) is 0 Å². The number of sulfone groups is 1. The molecule has 0 aromatic carbocycles. The van der Waals surface area contributed by atoms with E-state index in [0.29, 0.717) is 18.4 Å². The molecule has 2 rings (SSSR count). The number of rotatable bonds is 4. The Kier molecular flexibility index (Phi) is 3.48. The minimum Gasteiger partial charge on any atom is -0.339 e. The summed E-state index contributed by atoms with van der Waals surface area (Å²) in [6, 6.07) is 0.372. The molecule has 0 aliphatic carbocycles. The van der Waals surface area contributed by atoms with Crippen LogP contribution in [0.2, 0.25) is 0 Å². The van der Waals surface area contributed by atoms with Crippen LogP contribution in [0, 0.1) is 0 Å². The molecule has 1 aromatic rings. The van der Waals surface area contributed by atoms with Crippen LogP contribution in [0.3, 0.4) is 0 Å². The van der Waals surface area contributed by atoms with Crippen molar-refractivity contribution in [1.29, 1.82) is 0 Å². The maximum absolute atomic E-state index is 11.4. The number of nitrogens with zero attached hydrogens (tertiary/aromatic N) is 2. The van der Waals surface area contributed by atoms with Gasteiger partial charge in [0.15, 0.2) is 15.7 Å². The highest BCUT2D eigenvalue weighted by atomic mass is 32.2. The molecule has 17 heavy (non-hydrogen) atoms. The molecule has 1 saturated heterocycles. The lowest BCUT2D eigenvalue weighted by atomic mass is 10.1. The second-order valence-corrected chi connectivity index (χ2v) is 6.88. The van der Waals surface area contributed by atoms with Crippen molar-refractivity contribution in [3.63, 3.8) is 0 Å². The lowest BCUT2D eigenvalue weighted by Gasteiger charge is -2.05. The van der Waals surface area contributed by atoms with Gasteiger partial charge < -0.3 is 9.84 Å². The molecule has 0 radical (unpaired) electrons. The minimum atomic E-state index is -3.17. The summed E-state index contributed by atoms with van der Waals surface area (Å²) in [6.07, 6.45) is 4.10. The summed E-state index contributed by atoms with van der Waals surface area (Å²) in [6.45, 7) is 2.59. The molecule has 1 N–H and O–H groups in total. The van der Waals surface area contributed by atoms with Gasteiger partial charge in [0.1, 0.15) is 5.25 Å². The van der Waals surface area contributed by atoms with Crippen molar-refractivity contribution in [3.05, 3.63) is 11.7 Å². The SMILES string of the molecule is CC(c1noc(CC2CCCN2)n1)S(C)(=O)=O. The molecule has 2 atom stereocenters. The van der Waals surface area contributed by atoms with Crippen molar-refractivity contribution in [1.82, 2.24) is 15.5 Å². The molecular formula is C10H17N3O3S. The first-order valence-corrected chi connectivity index (χ1v) is 7.67. The van der Waals surface area contributed by atoms with Crippen molar-refractivity contribution in [2.24, 2.45) is 0 Å². The van der Waals surface area contributed by atoms with Crippen LogP contribution in [0.1, 0.15) is 36.7 Å². The minimum absolute atomic E-state index is 0.250. The van der Waals surface area contributed by atoms with Crippen molar-refractivity contribution >= 4 is 9.84 Å². The van der Waals surface area contributed by atoms with Gasteiger partial charge >= 0.3 is 0 Å². The number of aromatic nitrogens is 2. The molecule has 0 bridgehead atoms. The van der Waals surface area contributed by atoms with Gasteiger partial charge in [0.2, 0.25) is 5.89 Å². The smallest absolute Gasteiger partial charge is 0.228 e. The van der Waals surface area contributed by atoms with Gasteiger partial charge in [-0.1, -0.05) is 5.16 Å². The van der Waals surface area contributed by atoms with Crippen LogP contribution in [0.15, 0.2) is 4.52 Å². The first kappa shape index (κ1) is 12.5. The zero-order chi connectivity index (χ0) is 12.5. The van der Waals surface area contributed by atoms with Crippen molar-refractivity contribution in [2.75, 3.05) is 12.8 Å². The number of hydrogen-bond acceptors (Lipinski definition) is 6. The second kappa shape index (κ2) is 4.73. The van der Waals surface area contributed by atoms with E-state index in [9.17, 15) is 8.42 Å². The standard InChI is InChI=1S/C10H17N3O3S/c1-7(17(2,14)15)10-12-9(16-13-10)6-8-4-3-5-11-8/h7-8,11H,3-6H2,1-2H3. The van der Waals surface area contributed by atoms with Gasteiger partial charge in [0.05, 0.1) is 0 Å². The highest BCUT2D eigenvalue weighted by Crippen LogP contribution is 2.18. The third-order valence-corrected chi connectivity index (χ3v) is 4.57. The Hall–Kier alpha value is -0.950. The monoisotopic (exact) mass is 259 g/mol. The van der Waals surface area contributed by atoms with Gasteiger partial charge in [0.25, 0.3) is 0 Å². The first-order valence-electron chi connectivity index (χ1n) is 5.71. The van der Waals surface area contributed by atoms with Gasteiger partial charge in [-0.25, -0.2) is 8.42 Å². The third-order valence-electron chi connectivity index (χ3n) is 3.07. The maximum atomic E-state index is 11.4. The van der Waals surface area contributed by atoms with Gasteiger partial charge in [-0.3, -0.25) is 0 Å². The van der Waals surface area contributed by atoms with Crippen LogP contribution in [0.4, 0.5) is 0 Å². The van der Waals surface area contributed by atoms with E-state index in [2.05, 4.69) is 15.5 Å². The van der Waals surface area contributed by atoms with Gasteiger partial charge in [0, 0.05) is 18.7 Å². The first-order chi connectivity index (χ1) is 7.97. The number of hydrogen-bond donors (Lipinski definition) is 1. The van der Waals surface area contributed by atoms with E-state index in [-0.39, 0.29) is 5.82 Å². The quantitative estimate of drug-likeness (QED) is 0.846. The molecule has 0 saturated carbocycles. The Labute approximate surface area is 101 Å². The lowest BCUT2D eigenvalue weighted by Crippen LogP contribution is -2.23. The van der Waals surface area contributed by atoms with Crippen LogP contribution < -0.4 is 5.32 Å². The molecule has 2 unspecified atom stereocenters. The largest absolute Gasteiger partial charge is 0.339 e. The van der Waals surface area contributed by atoms with E-state index >= 15 is 0 Å². The van der Waals surface area contributed by atoms with Crippen LogP contribution >= 0.6 is 0 Å². The average molecular weight is 259 g/mol. The van der Waals surface area contributed by atoms with Crippen LogP contribution in [-0.4, -0.2) is 37.4 Å². The topological polar surface area (TPSA) is 85.1 Å². The number of nitrogens with one attached hydrogen (secondary N) is 1. The predicted octanol–water partition coefficient (Wildman–Crippen LogP) is 0.470. The second-order valence-electron chi connectivity index (χ2n) is 4.52. The summed E-state index contributed by atoms with van der Waals surface area (Å²) < 4.78 is 27.8. The van der Waals surface area contributed by atoms with Crippen molar-refractivity contribution in [3.8, 4) is 0 Å². The van der Waals surface area contributed by atoms with E-state index in [1.54, 1.807) is 6.92 Å². The molecule has 7 heteroatoms. The Bertz CT molecular complexity index is 477.